The second-order valence-corrected chi connectivity index (χ2v) is 9.60. The van der Waals surface area contributed by atoms with Crippen LogP contribution in [0.3, 0.4) is 0 Å². The molecular formula is C26H20ClFN4O3S. The van der Waals surface area contributed by atoms with E-state index in [0.29, 0.717) is 34.4 Å². The van der Waals surface area contributed by atoms with Crippen molar-refractivity contribution in [2.24, 2.45) is 0 Å². The fraction of sp³-hybridized carbons (Fsp3) is 0.192. The van der Waals surface area contributed by atoms with Gasteiger partial charge in [-0.05, 0) is 54.8 Å². The van der Waals surface area contributed by atoms with Crippen LogP contribution in [0.15, 0.2) is 54.9 Å². The van der Waals surface area contributed by atoms with Gasteiger partial charge in [0.15, 0.2) is 5.82 Å². The van der Waals surface area contributed by atoms with Crippen LogP contribution in [0.1, 0.15) is 23.3 Å². The quantitative estimate of drug-likeness (QED) is 0.299. The van der Waals surface area contributed by atoms with Crippen LogP contribution < -0.4 is 10.1 Å². The van der Waals surface area contributed by atoms with Crippen LogP contribution in [0.25, 0.3) is 10.2 Å². The number of nitrogens with zero attached hydrogens (tertiary/aromatic N) is 3. The first-order chi connectivity index (χ1) is 17.5. The smallest absolute Gasteiger partial charge is 0.408 e. The first-order valence-corrected chi connectivity index (χ1v) is 12.4. The third-order valence-corrected chi connectivity index (χ3v) is 6.99. The SMILES string of the molecule is O=C(O)N1CCC[C@@H]1C#Cc1cc2ncnc(Nc3ccc(OCc4cccc(F)c4)c(Cl)c3)c2s1. The van der Waals surface area contributed by atoms with E-state index in [4.69, 9.17) is 16.3 Å². The molecule has 7 nitrogen and oxygen atoms in total. The monoisotopic (exact) mass is 522 g/mol. The maximum Gasteiger partial charge on any atom is 0.408 e. The molecule has 1 fully saturated rings. The summed E-state index contributed by atoms with van der Waals surface area (Å²) in [6, 6.07) is 13.1. The number of halogens is 2. The topological polar surface area (TPSA) is 87.6 Å². The van der Waals surface area contributed by atoms with Crippen molar-refractivity contribution >= 4 is 50.8 Å². The maximum absolute atomic E-state index is 13.4. The number of thiophene rings is 1. The summed E-state index contributed by atoms with van der Waals surface area (Å²) in [5.41, 5.74) is 2.16. The summed E-state index contributed by atoms with van der Waals surface area (Å²) in [5, 5.41) is 13.0. The van der Waals surface area contributed by atoms with Crippen molar-refractivity contribution in [3.63, 3.8) is 0 Å². The number of carbonyl (C=O) groups is 1. The van der Waals surface area contributed by atoms with E-state index in [1.165, 1.54) is 34.7 Å². The van der Waals surface area contributed by atoms with Gasteiger partial charge in [0.1, 0.15) is 24.5 Å². The summed E-state index contributed by atoms with van der Waals surface area (Å²) in [7, 11) is 0. The molecule has 1 atom stereocenters. The number of hydrogen-bond donors (Lipinski definition) is 2. The van der Waals surface area contributed by atoms with E-state index in [0.717, 1.165) is 27.9 Å². The highest BCUT2D eigenvalue weighted by molar-refractivity contribution is 7.20. The van der Waals surface area contributed by atoms with Crippen molar-refractivity contribution < 1.29 is 19.0 Å². The number of aromatic nitrogens is 2. The zero-order valence-corrected chi connectivity index (χ0v) is 20.4. The van der Waals surface area contributed by atoms with Crippen LogP contribution >= 0.6 is 22.9 Å². The molecule has 4 aromatic rings. The van der Waals surface area contributed by atoms with Gasteiger partial charge < -0.3 is 15.2 Å². The van der Waals surface area contributed by atoms with E-state index < -0.39 is 6.09 Å². The predicted molar refractivity (Wildman–Crippen MR) is 138 cm³/mol. The summed E-state index contributed by atoms with van der Waals surface area (Å²) in [6.45, 7) is 0.707. The summed E-state index contributed by atoms with van der Waals surface area (Å²) < 4.78 is 19.9. The highest BCUT2D eigenvalue weighted by atomic mass is 35.5. The lowest BCUT2D eigenvalue weighted by Gasteiger charge is -2.15. The Morgan fingerprint density at radius 1 is 1.28 bits per heavy atom. The molecule has 0 spiro atoms. The largest absolute Gasteiger partial charge is 0.487 e. The Morgan fingerprint density at radius 3 is 2.97 bits per heavy atom. The van der Waals surface area contributed by atoms with E-state index in [-0.39, 0.29) is 18.5 Å². The normalized spacial score (nSPS) is 14.9. The van der Waals surface area contributed by atoms with Crippen molar-refractivity contribution in [2.45, 2.75) is 25.5 Å². The van der Waals surface area contributed by atoms with Crippen LogP contribution in [0.4, 0.5) is 20.7 Å². The molecule has 1 aliphatic heterocycles. The van der Waals surface area contributed by atoms with E-state index in [1.807, 2.05) is 12.1 Å². The van der Waals surface area contributed by atoms with Gasteiger partial charge in [-0.1, -0.05) is 35.6 Å². The van der Waals surface area contributed by atoms with E-state index in [2.05, 4.69) is 27.1 Å². The minimum Gasteiger partial charge on any atom is -0.487 e. The summed E-state index contributed by atoms with van der Waals surface area (Å²) in [6.07, 6.45) is 2.08. The van der Waals surface area contributed by atoms with Crippen LogP contribution in [-0.4, -0.2) is 38.7 Å². The molecule has 0 unspecified atom stereocenters. The molecular weight excluding hydrogens is 503 g/mol. The molecule has 2 N–H and O–H groups in total. The zero-order chi connectivity index (χ0) is 25.1. The highest BCUT2D eigenvalue weighted by Crippen LogP contribution is 2.33. The average molecular weight is 523 g/mol. The van der Waals surface area contributed by atoms with Gasteiger partial charge in [-0.3, -0.25) is 4.90 Å². The third kappa shape index (κ3) is 5.35. The number of fused-ring (bicyclic) bond motifs is 1. The fourth-order valence-electron chi connectivity index (χ4n) is 3.93. The molecule has 1 aliphatic rings. The number of rotatable bonds is 5. The standard InChI is InChI=1S/C26H20ClFN4O3S/c27-21-12-18(6-9-23(21)35-14-16-3-1-4-17(28)11-16)31-25-24-22(29-15-30-25)13-20(36-24)8-7-19-5-2-10-32(19)26(33)34/h1,3-4,6,9,11-13,15,19H,2,5,10,14H2,(H,33,34)(H,29,30,31)/t19-/m1/s1. The van der Waals surface area contributed by atoms with Crippen molar-refractivity contribution in [3.8, 4) is 17.6 Å². The molecule has 0 radical (unpaired) electrons. The molecule has 5 rings (SSSR count). The van der Waals surface area contributed by atoms with Gasteiger partial charge in [-0.15, -0.1) is 11.3 Å². The minimum absolute atomic E-state index is 0.195. The van der Waals surface area contributed by atoms with Gasteiger partial charge in [0.05, 0.1) is 26.2 Å². The summed E-state index contributed by atoms with van der Waals surface area (Å²) >= 11 is 7.85. The minimum atomic E-state index is -0.940. The second kappa shape index (κ2) is 10.4. The number of nitrogens with one attached hydrogen (secondary N) is 1. The van der Waals surface area contributed by atoms with Gasteiger partial charge in [-0.25, -0.2) is 19.2 Å². The van der Waals surface area contributed by atoms with Crippen molar-refractivity contribution in [3.05, 3.63) is 76.1 Å². The van der Waals surface area contributed by atoms with Gasteiger partial charge in [0.25, 0.3) is 0 Å². The van der Waals surface area contributed by atoms with Gasteiger partial charge in [-0.2, -0.15) is 0 Å². The summed E-state index contributed by atoms with van der Waals surface area (Å²) in [4.78, 5) is 22.2. The Morgan fingerprint density at radius 2 is 2.17 bits per heavy atom. The summed E-state index contributed by atoms with van der Waals surface area (Å²) in [5.74, 6) is 6.96. The fourth-order valence-corrected chi connectivity index (χ4v) is 5.08. The lowest BCUT2D eigenvalue weighted by molar-refractivity contribution is 0.148. The van der Waals surface area contributed by atoms with Crippen LogP contribution in [0.5, 0.6) is 5.75 Å². The molecule has 182 valence electrons. The van der Waals surface area contributed by atoms with Crippen molar-refractivity contribution in [2.75, 3.05) is 11.9 Å². The molecule has 0 saturated carbocycles. The molecule has 0 aliphatic carbocycles. The number of ether oxygens (including phenoxy) is 1. The molecule has 3 heterocycles. The molecule has 1 saturated heterocycles. The molecule has 1 amide bonds. The maximum atomic E-state index is 13.4. The molecule has 0 bridgehead atoms. The highest BCUT2D eigenvalue weighted by Gasteiger charge is 2.26. The van der Waals surface area contributed by atoms with Crippen LogP contribution in [0, 0.1) is 17.7 Å². The predicted octanol–water partition coefficient (Wildman–Crippen LogP) is 6.30. The van der Waals surface area contributed by atoms with Crippen molar-refractivity contribution in [1.29, 1.82) is 0 Å². The Kier molecular flexibility index (Phi) is 6.89. The van der Waals surface area contributed by atoms with E-state index in [9.17, 15) is 14.3 Å². The van der Waals surface area contributed by atoms with Gasteiger partial charge in [0.2, 0.25) is 0 Å². The number of anilines is 2. The van der Waals surface area contributed by atoms with Gasteiger partial charge >= 0.3 is 6.09 Å². The Balaban J connectivity index is 1.31. The van der Waals surface area contributed by atoms with Crippen LogP contribution in [0.2, 0.25) is 5.02 Å². The first-order valence-electron chi connectivity index (χ1n) is 11.2. The molecule has 2 aromatic carbocycles. The number of hydrogen-bond acceptors (Lipinski definition) is 6. The Bertz CT molecular complexity index is 1500. The van der Waals surface area contributed by atoms with E-state index in [1.54, 1.807) is 24.3 Å². The Hall–Kier alpha value is -3.87. The van der Waals surface area contributed by atoms with Crippen LogP contribution in [-0.2, 0) is 6.61 Å². The number of likely N-dealkylation sites (tertiary alicyclic amines) is 1. The lowest BCUT2D eigenvalue weighted by atomic mass is 10.2. The number of amides is 1. The zero-order valence-electron chi connectivity index (χ0n) is 18.9. The van der Waals surface area contributed by atoms with E-state index >= 15 is 0 Å². The number of benzene rings is 2. The Labute approximate surface area is 215 Å². The first kappa shape index (κ1) is 23.9. The molecule has 10 heteroatoms. The molecule has 36 heavy (non-hydrogen) atoms. The average Bonchev–Trinajstić information content (AvgIpc) is 3.50. The van der Waals surface area contributed by atoms with Crippen molar-refractivity contribution in [1.82, 2.24) is 14.9 Å². The second-order valence-electron chi connectivity index (χ2n) is 8.14. The number of carboxylic acid groups (broad SMARTS) is 1. The third-order valence-electron chi connectivity index (χ3n) is 5.65. The molecule has 2 aromatic heterocycles. The van der Waals surface area contributed by atoms with Gasteiger partial charge in [0, 0.05) is 12.2 Å². The lowest BCUT2D eigenvalue weighted by Crippen LogP contribution is -2.33.